The molecule has 6 heteroatoms. The van der Waals surface area contributed by atoms with E-state index >= 15 is 0 Å². The summed E-state index contributed by atoms with van der Waals surface area (Å²) in [4.78, 5) is 2.43. The van der Waals surface area contributed by atoms with Crippen LogP contribution in [0, 0.1) is 5.82 Å². The van der Waals surface area contributed by atoms with Crippen LogP contribution in [-0.4, -0.2) is 31.1 Å². The molecule has 128 valence electrons. The van der Waals surface area contributed by atoms with Crippen LogP contribution in [0.1, 0.15) is 44.2 Å². The average molecular weight is 416 g/mol. The van der Waals surface area contributed by atoms with Crippen LogP contribution >= 0.6 is 40.7 Å². The standard InChI is InChI=1S/C16H24BrFN2.2ClH/c1-2-3-4-5-16(20-10-8-19-9-11-20)14-12-13(17)6-7-15(14)18;;/h6-7,12,16,19H,2-5,8-11H2,1H3;2*1H/t16-;;/m0../s1. The zero-order valence-electron chi connectivity index (χ0n) is 13.0. The second-order valence-corrected chi connectivity index (χ2v) is 6.38. The Morgan fingerprint density at radius 2 is 1.91 bits per heavy atom. The molecule has 0 radical (unpaired) electrons. The van der Waals surface area contributed by atoms with Crippen molar-refractivity contribution in [2.45, 2.75) is 38.6 Å². The monoisotopic (exact) mass is 414 g/mol. The van der Waals surface area contributed by atoms with Gasteiger partial charge in [-0.2, -0.15) is 0 Å². The van der Waals surface area contributed by atoms with Crippen molar-refractivity contribution >= 4 is 40.7 Å². The molecular weight excluding hydrogens is 390 g/mol. The lowest BCUT2D eigenvalue weighted by Gasteiger charge is -2.35. The Labute approximate surface area is 154 Å². The molecule has 0 spiro atoms. The van der Waals surface area contributed by atoms with Gasteiger partial charge in [-0.05, 0) is 24.6 Å². The number of rotatable bonds is 6. The topological polar surface area (TPSA) is 15.3 Å². The number of nitrogens with zero attached hydrogens (tertiary/aromatic N) is 1. The molecule has 1 atom stereocenters. The zero-order valence-corrected chi connectivity index (χ0v) is 16.2. The zero-order chi connectivity index (χ0) is 14.4. The van der Waals surface area contributed by atoms with Gasteiger partial charge in [-0.15, -0.1) is 24.8 Å². The number of hydrogen-bond donors (Lipinski definition) is 1. The number of unbranched alkanes of at least 4 members (excludes halogenated alkanes) is 2. The fraction of sp³-hybridized carbons (Fsp3) is 0.625. The summed E-state index contributed by atoms with van der Waals surface area (Å²) in [5.41, 5.74) is 0.845. The minimum atomic E-state index is -0.0757. The Kier molecular flexibility index (Phi) is 11.7. The number of piperazine rings is 1. The minimum absolute atomic E-state index is 0. The Balaban J connectivity index is 0.00000220. The highest BCUT2D eigenvalue weighted by atomic mass is 79.9. The molecule has 0 aliphatic carbocycles. The first-order valence-electron chi connectivity index (χ1n) is 7.62. The van der Waals surface area contributed by atoms with Crippen molar-refractivity contribution in [1.29, 1.82) is 0 Å². The molecule has 1 aliphatic heterocycles. The molecule has 2 nitrogen and oxygen atoms in total. The summed E-state index contributed by atoms with van der Waals surface area (Å²) >= 11 is 3.47. The van der Waals surface area contributed by atoms with Crippen LogP contribution in [0.2, 0.25) is 0 Å². The third-order valence-electron chi connectivity index (χ3n) is 3.99. The molecule has 1 fully saturated rings. The summed E-state index contributed by atoms with van der Waals surface area (Å²) in [6, 6.07) is 5.52. The Bertz CT molecular complexity index is 429. The van der Waals surface area contributed by atoms with Gasteiger partial charge in [-0.3, -0.25) is 4.90 Å². The summed E-state index contributed by atoms with van der Waals surface area (Å²) in [6.45, 7) is 6.21. The van der Waals surface area contributed by atoms with Gasteiger partial charge in [-0.25, -0.2) is 4.39 Å². The van der Waals surface area contributed by atoms with Crippen LogP contribution < -0.4 is 5.32 Å². The molecule has 0 aromatic heterocycles. The van der Waals surface area contributed by atoms with Crippen LogP contribution in [0.25, 0.3) is 0 Å². The van der Waals surface area contributed by atoms with Crippen molar-refractivity contribution in [3.8, 4) is 0 Å². The van der Waals surface area contributed by atoms with Crippen molar-refractivity contribution in [2.75, 3.05) is 26.2 Å². The maximum atomic E-state index is 14.2. The number of halogens is 4. The number of hydrogen-bond acceptors (Lipinski definition) is 2. The highest BCUT2D eigenvalue weighted by molar-refractivity contribution is 9.10. The summed E-state index contributed by atoms with van der Waals surface area (Å²) in [5.74, 6) is -0.0757. The van der Waals surface area contributed by atoms with Gasteiger partial charge in [0.1, 0.15) is 5.82 Å². The molecular formula is C16H26BrCl2FN2. The molecule has 1 N–H and O–H groups in total. The van der Waals surface area contributed by atoms with Crippen molar-refractivity contribution in [3.63, 3.8) is 0 Å². The van der Waals surface area contributed by atoms with E-state index in [0.29, 0.717) is 0 Å². The van der Waals surface area contributed by atoms with Crippen LogP contribution in [0.15, 0.2) is 22.7 Å². The molecule has 0 amide bonds. The van der Waals surface area contributed by atoms with E-state index in [-0.39, 0.29) is 36.7 Å². The van der Waals surface area contributed by atoms with Gasteiger partial charge in [0.25, 0.3) is 0 Å². The van der Waals surface area contributed by atoms with Gasteiger partial charge in [0.05, 0.1) is 0 Å². The first-order valence-corrected chi connectivity index (χ1v) is 8.41. The molecule has 0 bridgehead atoms. The fourth-order valence-corrected chi connectivity index (χ4v) is 3.27. The quantitative estimate of drug-likeness (QED) is 0.660. The van der Waals surface area contributed by atoms with Gasteiger partial charge < -0.3 is 5.32 Å². The summed E-state index contributed by atoms with van der Waals surface area (Å²) < 4.78 is 15.2. The lowest BCUT2D eigenvalue weighted by molar-refractivity contribution is 0.159. The van der Waals surface area contributed by atoms with Crippen molar-refractivity contribution in [2.24, 2.45) is 0 Å². The fourth-order valence-electron chi connectivity index (χ4n) is 2.89. The van der Waals surface area contributed by atoms with Crippen molar-refractivity contribution in [1.82, 2.24) is 10.2 Å². The van der Waals surface area contributed by atoms with Gasteiger partial charge in [0.2, 0.25) is 0 Å². The SMILES string of the molecule is CCCCC[C@@H](c1cc(Br)ccc1F)N1CCNCC1.Cl.Cl. The van der Waals surface area contributed by atoms with Crippen LogP contribution in [-0.2, 0) is 0 Å². The Hall–Kier alpha value is 0.130. The van der Waals surface area contributed by atoms with Gasteiger partial charge in [0.15, 0.2) is 0 Å². The molecule has 0 unspecified atom stereocenters. The molecule has 22 heavy (non-hydrogen) atoms. The largest absolute Gasteiger partial charge is 0.314 e. The Morgan fingerprint density at radius 3 is 2.55 bits per heavy atom. The third kappa shape index (κ3) is 6.32. The van der Waals surface area contributed by atoms with Crippen LogP contribution in [0.4, 0.5) is 4.39 Å². The van der Waals surface area contributed by atoms with E-state index in [0.717, 1.165) is 49.1 Å². The molecule has 1 saturated heterocycles. The smallest absolute Gasteiger partial charge is 0.128 e. The molecule has 0 saturated carbocycles. The summed E-state index contributed by atoms with van der Waals surface area (Å²) in [6.07, 6.45) is 4.63. The minimum Gasteiger partial charge on any atom is -0.314 e. The molecule has 1 aromatic rings. The molecule has 1 heterocycles. The normalized spacial score (nSPS) is 16.5. The van der Waals surface area contributed by atoms with Gasteiger partial charge >= 0.3 is 0 Å². The maximum absolute atomic E-state index is 14.2. The second kappa shape index (κ2) is 11.6. The highest BCUT2D eigenvalue weighted by Gasteiger charge is 2.24. The van der Waals surface area contributed by atoms with Crippen LogP contribution in [0.3, 0.4) is 0 Å². The maximum Gasteiger partial charge on any atom is 0.128 e. The summed E-state index contributed by atoms with van der Waals surface area (Å²) in [7, 11) is 0. The number of nitrogens with one attached hydrogen (secondary N) is 1. The van der Waals surface area contributed by atoms with Crippen LogP contribution in [0.5, 0.6) is 0 Å². The van der Waals surface area contributed by atoms with Crippen molar-refractivity contribution < 1.29 is 4.39 Å². The van der Waals surface area contributed by atoms with Crippen molar-refractivity contribution in [3.05, 3.63) is 34.1 Å². The first kappa shape index (κ1) is 22.1. The van der Waals surface area contributed by atoms with E-state index in [1.807, 2.05) is 6.07 Å². The van der Waals surface area contributed by atoms with E-state index in [4.69, 9.17) is 0 Å². The average Bonchev–Trinajstić information content (AvgIpc) is 2.48. The first-order chi connectivity index (χ1) is 9.72. The lowest BCUT2D eigenvalue weighted by atomic mass is 9.97. The second-order valence-electron chi connectivity index (χ2n) is 5.46. The van der Waals surface area contributed by atoms with E-state index in [2.05, 4.69) is 33.1 Å². The lowest BCUT2D eigenvalue weighted by Crippen LogP contribution is -2.45. The predicted molar refractivity (Wildman–Crippen MR) is 99.9 cm³/mol. The molecule has 1 aliphatic rings. The number of benzene rings is 1. The van der Waals surface area contributed by atoms with Gasteiger partial charge in [-0.1, -0.05) is 42.1 Å². The van der Waals surface area contributed by atoms with E-state index in [1.54, 1.807) is 12.1 Å². The molecule has 2 rings (SSSR count). The third-order valence-corrected chi connectivity index (χ3v) is 4.48. The summed E-state index contributed by atoms with van der Waals surface area (Å²) in [5, 5.41) is 3.37. The predicted octanol–water partition coefficient (Wildman–Crippen LogP) is 4.96. The van der Waals surface area contributed by atoms with Gasteiger partial charge in [0, 0.05) is 42.3 Å². The van der Waals surface area contributed by atoms with E-state index < -0.39 is 0 Å². The Morgan fingerprint density at radius 1 is 1.23 bits per heavy atom. The molecule has 1 aromatic carbocycles. The van der Waals surface area contributed by atoms with E-state index in [1.165, 1.54) is 12.8 Å². The highest BCUT2D eigenvalue weighted by Crippen LogP contribution is 2.30. The van der Waals surface area contributed by atoms with E-state index in [9.17, 15) is 4.39 Å².